The number of aromatic nitrogens is 2. The van der Waals surface area contributed by atoms with Crippen LogP contribution in [-0.4, -0.2) is 48.8 Å². The second kappa shape index (κ2) is 8.66. The number of ketones is 1. The van der Waals surface area contributed by atoms with Gasteiger partial charge in [0, 0.05) is 18.6 Å². The first kappa shape index (κ1) is 22.1. The maximum atomic E-state index is 12.5. The Bertz CT molecular complexity index is 1110. The van der Waals surface area contributed by atoms with Crippen LogP contribution in [0.4, 0.5) is 13.2 Å². The van der Waals surface area contributed by atoms with Crippen molar-refractivity contribution in [1.82, 2.24) is 9.55 Å². The molecular weight excluding hydrogens is 417 g/mol. The highest BCUT2D eigenvalue weighted by Gasteiger charge is 2.30. The summed E-state index contributed by atoms with van der Waals surface area (Å²) in [5.41, 5.74) is 1.95. The average molecular weight is 436 g/mol. The number of hydrogen-bond donors (Lipinski definition) is 0. The molecule has 7 nitrogen and oxygen atoms in total. The van der Waals surface area contributed by atoms with Crippen molar-refractivity contribution in [1.29, 1.82) is 0 Å². The van der Waals surface area contributed by atoms with Crippen molar-refractivity contribution in [2.75, 3.05) is 21.3 Å². The van der Waals surface area contributed by atoms with E-state index in [2.05, 4.69) is 4.98 Å². The van der Waals surface area contributed by atoms with Crippen LogP contribution >= 0.6 is 0 Å². The molecule has 3 aromatic rings. The summed E-state index contributed by atoms with van der Waals surface area (Å²) in [6.07, 6.45) is -4.91. The molecule has 0 aliphatic rings. The van der Waals surface area contributed by atoms with E-state index >= 15 is 0 Å². The number of nitrogens with zero attached hydrogens (tertiary/aromatic N) is 2. The molecule has 31 heavy (non-hydrogen) atoms. The monoisotopic (exact) mass is 436 g/mol. The average Bonchev–Trinajstić information content (AvgIpc) is 3.18. The molecule has 1 aromatic heterocycles. The predicted molar refractivity (Wildman–Crippen MR) is 105 cm³/mol. The van der Waals surface area contributed by atoms with E-state index in [0.717, 1.165) is 0 Å². The molecule has 0 fully saturated rings. The molecular formula is C21H19F3N2O5. The predicted octanol–water partition coefficient (Wildman–Crippen LogP) is 4.35. The standard InChI is InChI=1S/C21H19F3N2O5/c1-29-17-9-13(10-18(30-2)19(17)16(27)6-7-21(22,23)24)26-11-25-14-8-12(20(28)31-3)4-5-15(14)26/h4-5,8-11H,6-7H2,1-3H3. The smallest absolute Gasteiger partial charge is 0.389 e. The van der Waals surface area contributed by atoms with Crippen LogP contribution in [0.25, 0.3) is 16.7 Å². The minimum Gasteiger partial charge on any atom is -0.496 e. The van der Waals surface area contributed by atoms with Gasteiger partial charge < -0.3 is 14.2 Å². The molecule has 0 aliphatic heterocycles. The van der Waals surface area contributed by atoms with Crippen LogP contribution in [0.1, 0.15) is 33.6 Å². The van der Waals surface area contributed by atoms with Crippen molar-refractivity contribution in [3.8, 4) is 17.2 Å². The Morgan fingerprint density at radius 2 is 1.68 bits per heavy atom. The number of rotatable bonds is 7. The van der Waals surface area contributed by atoms with Gasteiger partial charge in [0.1, 0.15) is 23.4 Å². The van der Waals surface area contributed by atoms with Crippen LogP contribution < -0.4 is 9.47 Å². The lowest BCUT2D eigenvalue weighted by atomic mass is 10.0. The van der Waals surface area contributed by atoms with E-state index in [1.54, 1.807) is 22.8 Å². The van der Waals surface area contributed by atoms with Gasteiger partial charge in [-0.3, -0.25) is 9.36 Å². The van der Waals surface area contributed by atoms with Crippen LogP contribution in [-0.2, 0) is 4.74 Å². The highest BCUT2D eigenvalue weighted by atomic mass is 19.4. The molecule has 0 saturated heterocycles. The van der Waals surface area contributed by atoms with E-state index in [1.165, 1.54) is 39.8 Å². The Balaban J connectivity index is 2.05. The number of hydrogen-bond acceptors (Lipinski definition) is 6. The van der Waals surface area contributed by atoms with E-state index in [-0.39, 0.29) is 17.1 Å². The maximum Gasteiger partial charge on any atom is 0.389 e. The van der Waals surface area contributed by atoms with Crippen LogP contribution in [0.2, 0.25) is 0 Å². The zero-order chi connectivity index (χ0) is 22.8. The summed E-state index contributed by atoms with van der Waals surface area (Å²) in [6.45, 7) is 0. The van der Waals surface area contributed by atoms with Crippen LogP contribution in [0.15, 0.2) is 36.7 Å². The second-order valence-corrected chi connectivity index (χ2v) is 6.57. The number of Topliss-reactive ketones (excluding diaryl/α,β-unsaturated/α-hetero) is 1. The van der Waals surface area contributed by atoms with Gasteiger partial charge in [-0.1, -0.05) is 0 Å². The lowest BCUT2D eigenvalue weighted by molar-refractivity contribution is -0.133. The third-order valence-corrected chi connectivity index (χ3v) is 4.65. The Morgan fingerprint density at radius 3 is 2.23 bits per heavy atom. The van der Waals surface area contributed by atoms with Gasteiger partial charge in [-0.15, -0.1) is 0 Å². The summed E-state index contributed by atoms with van der Waals surface area (Å²) >= 11 is 0. The van der Waals surface area contributed by atoms with Gasteiger partial charge in [0.2, 0.25) is 0 Å². The number of esters is 1. The zero-order valence-corrected chi connectivity index (χ0v) is 16.9. The third kappa shape index (κ3) is 4.62. The number of halogens is 3. The molecule has 0 saturated carbocycles. The highest BCUT2D eigenvalue weighted by Crippen LogP contribution is 2.35. The van der Waals surface area contributed by atoms with Crippen LogP contribution in [0, 0.1) is 0 Å². The fourth-order valence-corrected chi connectivity index (χ4v) is 3.16. The van der Waals surface area contributed by atoms with E-state index < -0.39 is 30.8 Å². The summed E-state index contributed by atoms with van der Waals surface area (Å²) < 4.78 is 54.6. The number of methoxy groups -OCH3 is 3. The Morgan fingerprint density at radius 1 is 1.03 bits per heavy atom. The molecule has 1 heterocycles. The topological polar surface area (TPSA) is 79.6 Å². The molecule has 164 valence electrons. The first-order chi connectivity index (χ1) is 14.7. The first-order valence-electron chi connectivity index (χ1n) is 9.10. The quantitative estimate of drug-likeness (QED) is 0.405. The SMILES string of the molecule is COC(=O)c1ccc2c(c1)ncn2-c1cc(OC)c(C(=O)CCC(F)(F)F)c(OC)c1. The molecule has 0 atom stereocenters. The molecule has 0 amide bonds. The van der Waals surface area contributed by atoms with Gasteiger partial charge in [-0.2, -0.15) is 13.2 Å². The summed E-state index contributed by atoms with van der Waals surface area (Å²) in [7, 11) is 3.91. The highest BCUT2D eigenvalue weighted by molar-refractivity contribution is 6.02. The molecule has 0 bridgehead atoms. The van der Waals surface area contributed by atoms with E-state index in [4.69, 9.17) is 14.2 Å². The maximum absolute atomic E-state index is 12.5. The molecule has 0 spiro atoms. The van der Waals surface area contributed by atoms with Gasteiger partial charge in [0.15, 0.2) is 5.78 Å². The van der Waals surface area contributed by atoms with Crippen molar-refractivity contribution in [2.45, 2.75) is 19.0 Å². The van der Waals surface area contributed by atoms with Gasteiger partial charge in [-0.05, 0) is 18.2 Å². The molecule has 0 unspecified atom stereocenters. The Labute approximate surface area is 175 Å². The summed E-state index contributed by atoms with van der Waals surface area (Å²) in [5, 5.41) is 0. The Hall–Kier alpha value is -3.56. The van der Waals surface area contributed by atoms with Crippen molar-refractivity contribution in [3.63, 3.8) is 0 Å². The Kier molecular flexibility index (Phi) is 6.19. The fraction of sp³-hybridized carbons (Fsp3) is 0.286. The van der Waals surface area contributed by atoms with Gasteiger partial charge >= 0.3 is 12.1 Å². The van der Waals surface area contributed by atoms with Crippen LogP contribution in [0.3, 0.4) is 0 Å². The molecule has 0 aliphatic carbocycles. The van der Waals surface area contributed by atoms with E-state index in [1.807, 2.05) is 0 Å². The zero-order valence-electron chi connectivity index (χ0n) is 16.9. The molecule has 0 radical (unpaired) electrons. The summed E-state index contributed by atoms with van der Waals surface area (Å²) in [5.74, 6) is -1.08. The number of carbonyl (C=O) groups is 2. The number of benzene rings is 2. The van der Waals surface area contributed by atoms with Gasteiger partial charge in [0.25, 0.3) is 0 Å². The molecule has 2 aromatic carbocycles. The first-order valence-corrected chi connectivity index (χ1v) is 9.10. The second-order valence-electron chi connectivity index (χ2n) is 6.57. The largest absolute Gasteiger partial charge is 0.496 e. The van der Waals surface area contributed by atoms with Crippen molar-refractivity contribution < 1.29 is 37.0 Å². The van der Waals surface area contributed by atoms with Crippen molar-refractivity contribution in [3.05, 3.63) is 47.8 Å². The molecule has 0 N–H and O–H groups in total. The number of fused-ring (bicyclic) bond motifs is 1. The van der Waals surface area contributed by atoms with E-state index in [0.29, 0.717) is 22.3 Å². The lowest BCUT2D eigenvalue weighted by Crippen LogP contribution is -2.13. The van der Waals surface area contributed by atoms with Crippen molar-refractivity contribution in [2.24, 2.45) is 0 Å². The summed E-state index contributed by atoms with van der Waals surface area (Å²) in [6, 6.07) is 7.85. The molecule has 10 heteroatoms. The minimum atomic E-state index is -4.45. The van der Waals surface area contributed by atoms with Gasteiger partial charge in [-0.25, -0.2) is 9.78 Å². The number of carbonyl (C=O) groups excluding carboxylic acids is 2. The van der Waals surface area contributed by atoms with Crippen LogP contribution in [0.5, 0.6) is 11.5 Å². The number of alkyl halides is 3. The van der Waals surface area contributed by atoms with E-state index in [9.17, 15) is 22.8 Å². The normalized spacial score (nSPS) is 11.4. The number of ether oxygens (including phenoxy) is 3. The molecule has 3 rings (SSSR count). The minimum absolute atomic E-state index is 0.0598. The van der Waals surface area contributed by atoms with Crippen molar-refractivity contribution >= 4 is 22.8 Å². The fourth-order valence-electron chi connectivity index (χ4n) is 3.16. The third-order valence-electron chi connectivity index (χ3n) is 4.65. The van der Waals surface area contributed by atoms with Gasteiger partial charge in [0.05, 0.1) is 50.0 Å². The lowest BCUT2D eigenvalue weighted by Gasteiger charge is -2.16. The number of imidazole rings is 1. The summed E-state index contributed by atoms with van der Waals surface area (Å²) in [4.78, 5) is 28.5.